The lowest BCUT2D eigenvalue weighted by Gasteiger charge is -2.22. The lowest BCUT2D eigenvalue weighted by Crippen LogP contribution is -2.24. The van der Waals surface area contributed by atoms with Crippen LogP contribution >= 0.6 is 0 Å². The zero-order valence-corrected chi connectivity index (χ0v) is 12.6. The second-order valence-corrected chi connectivity index (χ2v) is 5.28. The molecule has 1 aromatic carbocycles. The monoisotopic (exact) mass is 296 g/mol. The van der Waals surface area contributed by atoms with E-state index in [0.29, 0.717) is 18.8 Å². The van der Waals surface area contributed by atoms with E-state index >= 15 is 0 Å². The lowest BCUT2D eigenvalue weighted by molar-refractivity contribution is -0.131. The third-order valence-electron chi connectivity index (χ3n) is 3.17. The van der Waals surface area contributed by atoms with E-state index < -0.39 is 11.8 Å². The number of carboxylic acid groups (broad SMARTS) is 1. The summed E-state index contributed by atoms with van der Waals surface area (Å²) in [5.74, 6) is -1.49. The Bertz CT molecular complexity index is 509. The van der Waals surface area contributed by atoms with Crippen LogP contribution in [0.2, 0.25) is 0 Å². The summed E-state index contributed by atoms with van der Waals surface area (Å²) in [5, 5.41) is 8.64. The Morgan fingerprint density at radius 1 is 1.43 bits per heavy atom. The Labute approximate surface area is 124 Å². The predicted octanol–water partition coefficient (Wildman–Crippen LogP) is 3.26. The number of hydrogen-bond acceptors (Lipinski definition) is 3. The van der Waals surface area contributed by atoms with Gasteiger partial charge in [-0.25, -0.2) is 9.18 Å². The maximum absolute atomic E-state index is 13.2. The van der Waals surface area contributed by atoms with E-state index in [9.17, 15) is 9.18 Å². The summed E-state index contributed by atoms with van der Waals surface area (Å²) < 4.78 is 24.1. The highest BCUT2D eigenvalue weighted by Gasteiger charge is 2.15. The Morgan fingerprint density at radius 2 is 2.14 bits per heavy atom. The molecule has 0 radical (unpaired) electrons. The number of ether oxygens (including phenoxy) is 2. The summed E-state index contributed by atoms with van der Waals surface area (Å²) >= 11 is 0. The summed E-state index contributed by atoms with van der Waals surface area (Å²) in [6, 6.07) is 4.21. The first kappa shape index (κ1) is 17.3. The lowest BCUT2D eigenvalue weighted by atomic mass is 10.1. The highest BCUT2D eigenvalue weighted by atomic mass is 19.1. The fraction of sp³-hybridized carbons (Fsp3) is 0.438. The molecule has 116 valence electrons. The minimum absolute atomic E-state index is 0.255. The summed E-state index contributed by atoms with van der Waals surface area (Å²) in [7, 11) is 1.65. The molecule has 0 atom stereocenters. The average molecular weight is 296 g/mol. The third kappa shape index (κ3) is 6.51. The first-order chi connectivity index (χ1) is 9.84. The van der Waals surface area contributed by atoms with Crippen molar-refractivity contribution in [2.75, 3.05) is 13.7 Å². The highest BCUT2D eigenvalue weighted by molar-refractivity contribution is 5.85. The molecule has 1 rings (SSSR count). The highest BCUT2D eigenvalue weighted by Crippen LogP contribution is 2.16. The van der Waals surface area contributed by atoms with Gasteiger partial charge in [0.25, 0.3) is 0 Å². The Morgan fingerprint density at radius 3 is 2.76 bits per heavy atom. The molecule has 21 heavy (non-hydrogen) atoms. The molecule has 0 aromatic heterocycles. The van der Waals surface area contributed by atoms with Crippen LogP contribution in [0.25, 0.3) is 6.08 Å². The predicted molar refractivity (Wildman–Crippen MR) is 78.4 cm³/mol. The van der Waals surface area contributed by atoms with Crippen molar-refractivity contribution in [2.24, 2.45) is 0 Å². The van der Waals surface area contributed by atoms with Crippen molar-refractivity contribution in [3.05, 3.63) is 41.2 Å². The van der Waals surface area contributed by atoms with E-state index in [-0.39, 0.29) is 5.60 Å². The molecule has 0 saturated heterocycles. The molecule has 0 saturated carbocycles. The van der Waals surface area contributed by atoms with Crippen LogP contribution in [-0.2, 0) is 20.9 Å². The van der Waals surface area contributed by atoms with Gasteiger partial charge in [-0.05, 0) is 49.6 Å². The van der Waals surface area contributed by atoms with Crippen molar-refractivity contribution < 1.29 is 23.8 Å². The number of halogens is 1. The van der Waals surface area contributed by atoms with Crippen molar-refractivity contribution in [2.45, 2.75) is 32.5 Å². The van der Waals surface area contributed by atoms with E-state index in [1.807, 2.05) is 13.8 Å². The van der Waals surface area contributed by atoms with E-state index in [1.165, 1.54) is 18.2 Å². The number of aliphatic carboxylic acids is 1. The van der Waals surface area contributed by atoms with Crippen LogP contribution < -0.4 is 0 Å². The van der Waals surface area contributed by atoms with Gasteiger partial charge in [0.1, 0.15) is 5.82 Å². The molecule has 0 bridgehead atoms. The van der Waals surface area contributed by atoms with Crippen molar-refractivity contribution >= 4 is 12.0 Å². The van der Waals surface area contributed by atoms with Crippen LogP contribution in [0.15, 0.2) is 24.3 Å². The fourth-order valence-corrected chi connectivity index (χ4v) is 1.62. The van der Waals surface area contributed by atoms with Crippen LogP contribution in [0.1, 0.15) is 31.4 Å². The van der Waals surface area contributed by atoms with Gasteiger partial charge in [0.2, 0.25) is 0 Å². The van der Waals surface area contributed by atoms with Crippen LogP contribution in [-0.4, -0.2) is 30.4 Å². The zero-order valence-electron chi connectivity index (χ0n) is 12.6. The van der Waals surface area contributed by atoms with Gasteiger partial charge in [0.15, 0.2) is 0 Å². The molecule has 5 heteroatoms. The minimum Gasteiger partial charge on any atom is -0.478 e. The van der Waals surface area contributed by atoms with Gasteiger partial charge >= 0.3 is 5.97 Å². The zero-order chi connectivity index (χ0) is 15.9. The van der Waals surface area contributed by atoms with E-state index in [4.69, 9.17) is 14.6 Å². The molecule has 0 unspecified atom stereocenters. The SMILES string of the molecule is COC(C)(C)CCOCc1ccc(F)cc1/C=C/C(=O)O. The molecule has 0 amide bonds. The first-order valence-corrected chi connectivity index (χ1v) is 6.66. The number of carboxylic acids is 1. The van der Waals surface area contributed by atoms with Gasteiger partial charge in [-0.3, -0.25) is 0 Å². The van der Waals surface area contributed by atoms with Gasteiger partial charge in [-0.15, -0.1) is 0 Å². The molecule has 1 N–H and O–H groups in total. The summed E-state index contributed by atoms with van der Waals surface area (Å²) in [5.41, 5.74) is 0.988. The fourth-order valence-electron chi connectivity index (χ4n) is 1.62. The second kappa shape index (κ2) is 7.90. The molecule has 0 fully saturated rings. The third-order valence-corrected chi connectivity index (χ3v) is 3.17. The van der Waals surface area contributed by atoms with Crippen molar-refractivity contribution in [3.8, 4) is 0 Å². The molecule has 0 aliphatic carbocycles. The van der Waals surface area contributed by atoms with Crippen LogP contribution in [0.3, 0.4) is 0 Å². The molecular weight excluding hydrogens is 275 g/mol. The van der Waals surface area contributed by atoms with Gasteiger partial charge < -0.3 is 14.6 Å². The number of carbonyl (C=O) groups is 1. The van der Waals surface area contributed by atoms with E-state index in [2.05, 4.69) is 0 Å². The van der Waals surface area contributed by atoms with Crippen molar-refractivity contribution in [3.63, 3.8) is 0 Å². The standard InChI is InChI=1S/C16H21FO4/c1-16(2,20-3)8-9-21-11-13-4-6-14(17)10-12(13)5-7-15(18)19/h4-7,10H,8-9,11H2,1-3H3,(H,18,19)/b7-5+. The first-order valence-electron chi connectivity index (χ1n) is 6.66. The normalized spacial score (nSPS) is 12.0. The number of methoxy groups -OCH3 is 1. The number of rotatable bonds is 8. The minimum atomic E-state index is -1.08. The largest absolute Gasteiger partial charge is 0.478 e. The molecule has 0 aliphatic heterocycles. The summed E-state index contributed by atoms with van der Waals surface area (Å²) in [4.78, 5) is 10.5. The summed E-state index contributed by atoms with van der Waals surface area (Å²) in [6.45, 7) is 4.73. The molecule has 0 heterocycles. The second-order valence-electron chi connectivity index (χ2n) is 5.28. The van der Waals surface area contributed by atoms with Crippen LogP contribution in [0, 0.1) is 5.82 Å². The van der Waals surface area contributed by atoms with Crippen molar-refractivity contribution in [1.82, 2.24) is 0 Å². The van der Waals surface area contributed by atoms with Gasteiger partial charge in [-0.1, -0.05) is 6.07 Å². The van der Waals surface area contributed by atoms with E-state index in [0.717, 1.165) is 18.1 Å². The molecule has 0 spiro atoms. The van der Waals surface area contributed by atoms with E-state index in [1.54, 1.807) is 13.2 Å². The maximum atomic E-state index is 13.2. The number of hydrogen-bond donors (Lipinski definition) is 1. The average Bonchev–Trinajstić information content (AvgIpc) is 2.43. The Kier molecular flexibility index (Phi) is 6.52. The van der Waals surface area contributed by atoms with Crippen LogP contribution in [0.4, 0.5) is 4.39 Å². The van der Waals surface area contributed by atoms with Gasteiger partial charge in [0.05, 0.1) is 12.2 Å². The number of benzene rings is 1. The Hall–Kier alpha value is -1.72. The quantitative estimate of drug-likeness (QED) is 0.591. The Balaban J connectivity index is 2.64. The van der Waals surface area contributed by atoms with Gasteiger partial charge in [-0.2, -0.15) is 0 Å². The molecular formula is C16H21FO4. The smallest absolute Gasteiger partial charge is 0.328 e. The maximum Gasteiger partial charge on any atom is 0.328 e. The van der Waals surface area contributed by atoms with Gasteiger partial charge in [0, 0.05) is 19.8 Å². The molecule has 4 nitrogen and oxygen atoms in total. The molecule has 1 aromatic rings. The molecule has 0 aliphatic rings. The van der Waals surface area contributed by atoms with Crippen molar-refractivity contribution in [1.29, 1.82) is 0 Å². The summed E-state index contributed by atoms with van der Waals surface area (Å²) in [6.07, 6.45) is 3.07. The van der Waals surface area contributed by atoms with Crippen LogP contribution in [0.5, 0.6) is 0 Å². The topological polar surface area (TPSA) is 55.8 Å².